The predicted molar refractivity (Wildman–Crippen MR) is 57.0 cm³/mol. The maximum absolute atomic E-state index is 13.5. The molecule has 0 spiro atoms. The molecule has 0 bridgehead atoms. The molecule has 2 heterocycles. The van der Waals surface area contributed by atoms with Gasteiger partial charge in [0.1, 0.15) is 5.82 Å². The molecule has 0 aliphatic rings. The lowest BCUT2D eigenvalue weighted by atomic mass is 10.1. The molecule has 0 radical (unpaired) electrons. The quantitative estimate of drug-likeness (QED) is 0.519. The average Bonchev–Trinajstić information content (AvgIpc) is 2.29. The lowest BCUT2D eigenvalue weighted by Gasteiger charge is -2.02. The van der Waals surface area contributed by atoms with E-state index in [9.17, 15) is 4.39 Å². The van der Waals surface area contributed by atoms with E-state index in [2.05, 4.69) is 9.97 Å². The number of benzene rings is 1. The number of pyridine rings is 2. The summed E-state index contributed by atoms with van der Waals surface area (Å²) in [6.07, 6.45) is 3.19. The van der Waals surface area contributed by atoms with Gasteiger partial charge in [-0.1, -0.05) is 0 Å². The van der Waals surface area contributed by atoms with Gasteiger partial charge in [0.2, 0.25) is 0 Å². The monoisotopic (exact) mass is 198 g/mol. The molecule has 3 rings (SSSR count). The molecule has 0 fully saturated rings. The number of hydrogen-bond acceptors (Lipinski definition) is 2. The first-order valence-electron chi connectivity index (χ1n) is 4.64. The Morgan fingerprint density at radius 3 is 2.73 bits per heavy atom. The Balaban J connectivity index is 2.60. The normalized spacial score (nSPS) is 11.0. The molecule has 0 aliphatic carbocycles. The maximum atomic E-state index is 13.5. The highest BCUT2D eigenvalue weighted by Gasteiger charge is 2.04. The lowest BCUT2D eigenvalue weighted by Crippen LogP contribution is -1.86. The summed E-state index contributed by atoms with van der Waals surface area (Å²) >= 11 is 0. The molecule has 3 aromatic rings. The van der Waals surface area contributed by atoms with Gasteiger partial charge in [-0.15, -0.1) is 0 Å². The van der Waals surface area contributed by atoms with Crippen molar-refractivity contribution in [2.75, 3.05) is 0 Å². The number of aromatic nitrogens is 2. The van der Waals surface area contributed by atoms with Crippen LogP contribution in [0.1, 0.15) is 0 Å². The maximum Gasteiger partial charge on any atom is 0.134 e. The first kappa shape index (κ1) is 8.29. The van der Waals surface area contributed by atoms with Crippen LogP contribution in [-0.4, -0.2) is 9.97 Å². The molecular formula is C12H7FN2. The number of halogens is 1. The van der Waals surface area contributed by atoms with Crippen molar-refractivity contribution in [3.63, 3.8) is 0 Å². The van der Waals surface area contributed by atoms with E-state index in [1.165, 1.54) is 12.3 Å². The third-order valence-electron chi connectivity index (χ3n) is 2.44. The molecule has 0 saturated carbocycles. The first-order valence-corrected chi connectivity index (χ1v) is 4.64. The molecule has 2 nitrogen and oxygen atoms in total. The van der Waals surface area contributed by atoms with Crippen LogP contribution in [0.2, 0.25) is 0 Å². The van der Waals surface area contributed by atoms with Crippen LogP contribution < -0.4 is 0 Å². The lowest BCUT2D eigenvalue weighted by molar-refractivity contribution is 0.638. The molecule has 0 atom stereocenters. The summed E-state index contributed by atoms with van der Waals surface area (Å²) in [4.78, 5) is 8.39. The van der Waals surface area contributed by atoms with Crippen LogP contribution in [0.4, 0.5) is 4.39 Å². The van der Waals surface area contributed by atoms with Crippen molar-refractivity contribution in [1.82, 2.24) is 9.97 Å². The fourth-order valence-electron chi connectivity index (χ4n) is 1.74. The highest BCUT2D eigenvalue weighted by atomic mass is 19.1. The summed E-state index contributed by atoms with van der Waals surface area (Å²) in [5.74, 6) is -0.245. The molecule has 72 valence electrons. The summed E-state index contributed by atoms with van der Waals surface area (Å²) in [5, 5.41) is 1.42. The summed E-state index contributed by atoms with van der Waals surface area (Å²) in [6.45, 7) is 0. The van der Waals surface area contributed by atoms with E-state index in [-0.39, 0.29) is 5.82 Å². The van der Waals surface area contributed by atoms with Gasteiger partial charge in [0.15, 0.2) is 0 Å². The van der Waals surface area contributed by atoms with Gasteiger partial charge in [-0.05, 0) is 30.3 Å². The van der Waals surface area contributed by atoms with Gasteiger partial charge < -0.3 is 0 Å². The zero-order valence-corrected chi connectivity index (χ0v) is 7.81. The number of nitrogens with zero attached hydrogens (tertiary/aromatic N) is 2. The second kappa shape index (κ2) is 2.98. The summed E-state index contributed by atoms with van der Waals surface area (Å²) in [5.41, 5.74) is 1.50. The molecule has 0 unspecified atom stereocenters. The molecule has 0 N–H and O–H groups in total. The SMILES string of the molecule is Fc1ccnc2c1ccc1ncccc12. The minimum absolute atomic E-state index is 0.245. The Morgan fingerprint density at radius 1 is 0.867 bits per heavy atom. The van der Waals surface area contributed by atoms with Gasteiger partial charge in [0.25, 0.3) is 0 Å². The minimum Gasteiger partial charge on any atom is -0.256 e. The van der Waals surface area contributed by atoms with Crippen molar-refractivity contribution >= 4 is 21.8 Å². The van der Waals surface area contributed by atoms with Crippen LogP contribution in [-0.2, 0) is 0 Å². The van der Waals surface area contributed by atoms with Crippen molar-refractivity contribution in [2.45, 2.75) is 0 Å². The Bertz CT molecular complexity index is 649. The van der Waals surface area contributed by atoms with Crippen LogP contribution >= 0.6 is 0 Å². The van der Waals surface area contributed by atoms with E-state index in [4.69, 9.17) is 0 Å². The van der Waals surface area contributed by atoms with Crippen LogP contribution in [0, 0.1) is 5.82 Å². The predicted octanol–water partition coefficient (Wildman–Crippen LogP) is 2.92. The highest BCUT2D eigenvalue weighted by molar-refractivity contribution is 6.03. The van der Waals surface area contributed by atoms with Crippen LogP contribution in [0.25, 0.3) is 21.8 Å². The third kappa shape index (κ3) is 1.16. The van der Waals surface area contributed by atoms with E-state index in [1.54, 1.807) is 12.3 Å². The molecule has 3 heteroatoms. The summed E-state index contributed by atoms with van der Waals surface area (Å²) in [6, 6.07) is 8.62. The van der Waals surface area contributed by atoms with Crippen molar-refractivity contribution < 1.29 is 4.39 Å². The summed E-state index contributed by atoms with van der Waals surface area (Å²) < 4.78 is 13.5. The third-order valence-corrected chi connectivity index (χ3v) is 2.44. The van der Waals surface area contributed by atoms with Crippen molar-refractivity contribution in [2.24, 2.45) is 0 Å². The second-order valence-corrected chi connectivity index (χ2v) is 3.32. The minimum atomic E-state index is -0.245. The van der Waals surface area contributed by atoms with Gasteiger partial charge in [0.05, 0.1) is 11.0 Å². The number of rotatable bonds is 0. The largest absolute Gasteiger partial charge is 0.256 e. The van der Waals surface area contributed by atoms with Gasteiger partial charge in [-0.2, -0.15) is 0 Å². The van der Waals surface area contributed by atoms with E-state index in [1.807, 2.05) is 18.2 Å². The average molecular weight is 198 g/mol. The Labute approximate surface area is 85.4 Å². The number of hydrogen-bond donors (Lipinski definition) is 0. The van der Waals surface area contributed by atoms with Crippen molar-refractivity contribution in [3.8, 4) is 0 Å². The Kier molecular flexibility index (Phi) is 1.65. The molecular weight excluding hydrogens is 191 g/mol. The van der Waals surface area contributed by atoms with E-state index < -0.39 is 0 Å². The van der Waals surface area contributed by atoms with Crippen LogP contribution in [0.3, 0.4) is 0 Å². The highest BCUT2D eigenvalue weighted by Crippen LogP contribution is 2.23. The van der Waals surface area contributed by atoms with Crippen molar-refractivity contribution in [1.29, 1.82) is 0 Å². The van der Waals surface area contributed by atoms with Crippen LogP contribution in [0.5, 0.6) is 0 Å². The van der Waals surface area contributed by atoms with Gasteiger partial charge in [-0.25, -0.2) is 4.39 Å². The van der Waals surface area contributed by atoms with Gasteiger partial charge in [-0.3, -0.25) is 9.97 Å². The van der Waals surface area contributed by atoms with Gasteiger partial charge >= 0.3 is 0 Å². The second-order valence-electron chi connectivity index (χ2n) is 3.32. The number of fused-ring (bicyclic) bond motifs is 3. The van der Waals surface area contributed by atoms with E-state index >= 15 is 0 Å². The molecule has 0 amide bonds. The molecule has 2 aromatic heterocycles. The van der Waals surface area contributed by atoms with E-state index in [0.29, 0.717) is 10.9 Å². The zero-order chi connectivity index (χ0) is 10.3. The molecule has 15 heavy (non-hydrogen) atoms. The van der Waals surface area contributed by atoms with E-state index in [0.717, 1.165) is 10.9 Å². The molecule has 0 aliphatic heterocycles. The smallest absolute Gasteiger partial charge is 0.134 e. The fraction of sp³-hybridized carbons (Fsp3) is 0. The first-order chi connectivity index (χ1) is 7.36. The van der Waals surface area contributed by atoms with Gasteiger partial charge in [0, 0.05) is 23.2 Å². The zero-order valence-electron chi connectivity index (χ0n) is 7.81. The topological polar surface area (TPSA) is 25.8 Å². The molecule has 1 aromatic carbocycles. The standard InChI is InChI=1S/C12H7FN2/c13-10-5-7-15-12-8(10)3-4-11-9(12)2-1-6-14-11/h1-7H. The Morgan fingerprint density at radius 2 is 1.80 bits per heavy atom. The summed E-state index contributed by atoms with van der Waals surface area (Å²) in [7, 11) is 0. The Hall–Kier alpha value is -2.03. The van der Waals surface area contributed by atoms with Crippen LogP contribution in [0.15, 0.2) is 42.7 Å². The van der Waals surface area contributed by atoms with Crippen molar-refractivity contribution in [3.05, 3.63) is 48.5 Å². The molecule has 0 saturated heterocycles. The fourth-order valence-corrected chi connectivity index (χ4v) is 1.74.